The van der Waals surface area contributed by atoms with Crippen LogP contribution < -0.4 is 10.5 Å². The maximum absolute atomic E-state index is 12.1. The summed E-state index contributed by atoms with van der Waals surface area (Å²) in [6, 6.07) is 4.76. The number of benzene rings is 1. The van der Waals surface area contributed by atoms with Gasteiger partial charge in [-0.2, -0.15) is 0 Å². The van der Waals surface area contributed by atoms with Crippen LogP contribution in [0.5, 0.6) is 5.75 Å². The number of ether oxygens (including phenoxy) is 2. The van der Waals surface area contributed by atoms with Crippen LogP contribution in [-0.4, -0.2) is 43.1 Å². The maximum Gasteiger partial charge on any atom is 0.338 e. The average Bonchev–Trinajstić information content (AvgIpc) is 2.57. The second-order valence-corrected chi connectivity index (χ2v) is 5.51. The minimum atomic E-state index is -0.415. The Balaban J connectivity index is 1.88. The van der Waals surface area contributed by atoms with Crippen molar-refractivity contribution in [3.63, 3.8) is 0 Å². The van der Waals surface area contributed by atoms with E-state index in [0.29, 0.717) is 30.0 Å². The van der Waals surface area contributed by atoms with Crippen molar-refractivity contribution in [1.29, 1.82) is 0 Å². The van der Waals surface area contributed by atoms with E-state index in [1.807, 2.05) is 4.90 Å². The van der Waals surface area contributed by atoms with Crippen LogP contribution in [0.25, 0.3) is 0 Å². The van der Waals surface area contributed by atoms with Crippen LogP contribution in [0.15, 0.2) is 18.2 Å². The number of likely N-dealkylation sites (tertiary alicyclic amines) is 1. The van der Waals surface area contributed by atoms with Crippen molar-refractivity contribution < 1.29 is 19.1 Å². The Morgan fingerprint density at radius 2 is 1.96 bits per heavy atom. The van der Waals surface area contributed by atoms with E-state index in [1.54, 1.807) is 25.1 Å². The van der Waals surface area contributed by atoms with E-state index in [9.17, 15) is 9.59 Å². The Kier molecular flexibility index (Phi) is 6.26. The molecule has 0 saturated carbocycles. The Morgan fingerprint density at radius 3 is 2.65 bits per heavy atom. The van der Waals surface area contributed by atoms with Crippen molar-refractivity contribution in [3.05, 3.63) is 23.8 Å². The Hall–Kier alpha value is -2.24. The first kappa shape index (κ1) is 17.1. The number of anilines is 1. The normalized spacial score (nSPS) is 14.4. The average molecular weight is 320 g/mol. The third-order valence-electron chi connectivity index (χ3n) is 3.81. The lowest BCUT2D eigenvalue weighted by Crippen LogP contribution is -2.36. The Bertz CT molecular complexity index is 554. The summed E-state index contributed by atoms with van der Waals surface area (Å²) in [5.74, 6) is 0.0913. The maximum atomic E-state index is 12.1. The number of piperidine rings is 1. The van der Waals surface area contributed by atoms with Crippen LogP contribution in [0.4, 0.5) is 5.69 Å². The minimum Gasteiger partial charge on any atom is -0.491 e. The van der Waals surface area contributed by atoms with Gasteiger partial charge in [0.05, 0.1) is 30.9 Å². The molecule has 1 aromatic rings. The van der Waals surface area contributed by atoms with Crippen LogP contribution in [0, 0.1) is 0 Å². The van der Waals surface area contributed by atoms with Crippen LogP contribution in [0.1, 0.15) is 43.0 Å². The number of carbonyl (C=O) groups is 2. The number of rotatable bonds is 6. The van der Waals surface area contributed by atoms with Gasteiger partial charge in [0, 0.05) is 13.1 Å². The van der Waals surface area contributed by atoms with Crippen molar-refractivity contribution in [2.24, 2.45) is 0 Å². The fourth-order valence-electron chi connectivity index (χ4n) is 2.55. The van der Waals surface area contributed by atoms with Gasteiger partial charge in [0.15, 0.2) is 0 Å². The van der Waals surface area contributed by atoms with E-state index < -0.39 is 5.97 Å². The molecule has 1 heterocycles. The fraction of sp³-hybridized carbons (Fsp3) is 0.529. The van der Waals surface area contributed by atoms with E-state index in [4.69, 9.17) is 15.2 Å². The molecule has 1 saturated heterocycles. The molecule has 1 fully saturated rings. The largest absolute Gasteiger partial charge is 0.491 e. The third-order valence-corrected chi connectivity index (χ3v) is 3.81. The van der Waals surface area contributed by atoms with Gasteiger partial charge < -0.3 is 20.1 Å². The SMILES string of the molecule is CCOC(=O)c1ccc(N)c(OCCC(=O)N2CCCCC2)c1. The summed E-state index contributed by atoms with van der Waals surface area (Å²) < 4.78 is 10.5. The molecule has 0 aromatic heterocycles. The lowest BCUT2D eigenvalue weighted by Gasteiger charge is -2.26. The number of esters is 1. The summed E-state index contributed by atoms with van der Waals surface area (Å²) >= 11 is 0. The van der Waals surface area contributed by atoms with Gasteiger partial charge in [-0.15, -0.1) is 0 Å². The molecule has 6 nitrogen and oxygen atoms in total. The van der Waals surface area contributed by atoms with Crippen LogP contribution in [0.3, 0.4) is 0 Å². The topological polar surface area (TPSA) is 81.9 Å². The molecular weight excluding hydrogens is 296 g/mol. The molecule has 2 N–H and O–H groups in total. The second-order valence-electron chi connectivity index (χ2n) is 5.51. The molecule has 1 aliphatic heterocycles. The summed E-state index contributed by atoms with van der Waals surface area (Å²) in [6.45, 7) is 3.97. The standard InChI is InChI=1S/C17H24N2O4/c1-2-22-17(21)13-6-7-14(18)15(12-13)23-11-8-16(20)19-9-4-3-5-10-19/h6-7,12H,2-5,8-11,18H2,1H3. The number of nitrogens with zero attached hydrogens (tertiary/aromatic N) is 1. The smallest absolute Gasteiger partial charge is 0.338 e. The first-order valence-electron chi connectivity index (χ1n) is 8.09. The first-order chi connectivity index (χ1) is 11.1. The second kappa shape index (κ2) is 8.41. The third kappa shape index (κ3) is 4.87. The number of amides is 1. The fourth-order valence-corrected chi connectivity index (χ4v) is 2.55. The molecule has 1 aromatic carbocycles. The lowest BCUT2D eigenvalue weighted by atomic mass is 10.1. The van der Waals surface area contributed by atoms with E-state index in [0.717, 1.165) is 25.9 Å². The molecule has 0 spiro atoms. The number of carbonyl (C=O) groups excluding carboxylic acids is 2. The Morgan fingerprint density at radius 1 is 1.22 bits per heavy atom. The van der Waals surface area contributed by atoms with Crippen molar-refractivity contribution in [2.75, 3.05) is 32.0 Å². The minimum absolute atomic E-state index is 0.102. The Labute approximate surface area is 136 Å². The molecule has 0 unspecified atom stereocenters. The van der Waals surface area contributed by atoms with Crippen molar-refractivity contribution in [1.82, 2.24) is 4.90 Å². The number of hydrogen-bond acceptors (Lipinski definition) is 5. The van der Waals surface area contributed by atoms with Crippen molar-refractivity contribution in [3.8, 4) is 5.75 Å². The highest BCUT2D eigenvalue weighted by Crippen LogP contribution is 2.23. The van der Waals surface area contributed by atoms with Crippen molar-refractivity contribution >= 4 is 17.6 Å². The zero-order valence-electron chi connectivity index (χ0n) is 13.5. The van der Waals surface area contributed by atoms with Crippen LogP contribution in [0.2, 0.25) is 0 Å². The molecule has 0 atom stereocenters. The molecule has 1 aliphatic rings. The number of hydrogen-bond donors (Lipinski definition) is 1. The summed E-state index contributed by atoms with van der Waals surface area (Å²) in [4.78, 5) is 25.7. The van der Waals surface area contributed by atoms with Gasteiger partial charge in [-0.25, -0.2) is 4.79 Å². The molecule has 2 rings (SSSR count). The highest BCUT2D eigenvalue weighted by molar-refractivity contribution is 5.90. The van der Waals surface area contributed by atoms with Gasteiger partial charge >= 0.3 is 5.97 Å². The predicted octanol–water partition coefficient (Wildman–Crippen LogP) is 2.23. The van der Waals surface area contributed by atoms with Gasteiger partial charge in [-0.1, -0.05) is 0 Å². The highest BCUT2D eigenvalue weighted by atomic mass is 16.5. The molecule has 126 valence electrons. The van der Waals surface area contributed by atoms with E-state index in [-0.39, 0.29) is 12.5 Å². The van der Waals surface area contributed by atoms with Gasteiger partial charge in [-0.05, 0) is 44.4 Å². The molecule has 1 amide bonds. The molecule has 0 aliphatic carbocycles. The highest BCUT2D eigenvalue weighted by Gasteiger charge is 2.16. The molecule has 0 bridgehead atoms. The predicted molar refractivity (Wildman–Crippen MR) is 87.4 cm³/mol. The molecule has 23 heavy (non-hydrogen) atoms. The van der Waals surface area contributed by atoms with E-state index in [2.05, 4.69) is 0 Å². The summed E-state index contributed by atoms with van der Waals surface area (Å²) in [6.07, 6.45) is 3.64. The van der Waals surface area contributed by atoms with E-state index in [1.165, 1.54) is 6.42 Å². The van der Waals surface area contributed by atoms with Crippen LogP contribution in [-0.2, 0) is 9.53 Å². The quantitative estimate of drug-likeness (QED) is 0.642. The number of nitrogens with two attached hydrogens (primary N) is 1. The van der Waals surface area contributed by atoms with Gasteiger partial charge in [-0.3, -0.25) is 4.79 Å². The molecule has 0 radical (unpaired) electrons. The monoisotopic (exact) mass is 320 g/mol. The van der Waals surface area contributed by atoms with Gasteiger partial charge in [0.25, 0.3) is 0 Å². The lowest BCUT2D eigenvalue weighted by molar-refractivity contribution is -0.132. The van der Waals surface area contributed by atoms with Crippen LogP contribution >= 0.6 is 0 Å². The summed E-state index contributed by atoms with van der Waals surface area (Å²) in [5.41, 5.74) is 6.67. The number of nitrogen functional groups attached to an aromatic ring is 1. The van der Waals surface area contributed by atoms with Crippen molar-refractivity contribution in [2.45, 2.75) is 32.6 Å². The van der Waals surface area contributed by atoms with E-state index >= 15 is 0 Å². The summed E-state index contributed by atoms with van der Waals surface area (Å²) in [5, 5.41) is 0. The summed E-state index contributed by atoms with van der Waals surface area (Å²) in [7, 11) is 0. The first-order valence-corrected chi connectivity index (χ1v) is 8.09. The van der Waals surface area contributed by atoms with Gasteiger partial charge in [0.1, 0.15) is 5.75 Å². The zero-order valence-corrected chi connectivity index (χ0v) is 13.5. The molecule has 6 heteroatoms. The molecular formula is C17H24N2O4. The van der Waals surface area contributed by atoms with Gasteiger partial charge in [0.2, 0.25) is 5.91 Å². The zero-order chi connectivity index (χ0) is 16.7.